The third-order valence-corrected chi connectivity index (χ3v) is 4.12. The van der Waals surface area contributed by atoms with Gasteiger partial charge in [0.1, 0.15) is 0 Å². The first kappa shape index (κ1) is 15.4. The molecule has 1 amide bonds. The number of amides is 1. The maximum Gasteiger partial charge on any atom is 0.251 e. The second kappa shape index (κ2) is 7.17. The highest BCUT2D eigenvalue weighted by atomic mass is 16.1. The molecule has 1 aromatic carbocycles. The van der Waals surface area contributed by atoms with Gasteiger partial charge in [0, 0.05) is 12.1 Å². The summed E-state index contributed by atoms with van der Waals surface area (Å²) in [6.07, 6.45) is 8.20. The zero-order valence-corrected chi connectivity index (χ0v) is 13.3. The first-order valence-corrected chi connectivity index (χ1v) is 8.05. The summed E-state index contributed by atoms with van der Waals surface area (Å²) < 4.78 is 1.64. The lowest BCUT2D eigenvalue weighted by Gasteiger charge is -2.13. The van der Waals surface area contributed by atoms with Crippen molar-refractivity contribution in [3.63, 3.8) is 0 Å². The van der Waals surface area contributed by atoms with Crippen LogP contribution in [-0.2, 0) is 0 Å². The summed E-state index contributed by atoms with van der Waals surface area (Å²) in [6.45, 7) is 2.53. The number of hydrogen-bond acceptors (Lipinski definition) is 4. The predicted octanol–water partition coefficient (Wildman–Crippen LogP) is 2.59. The molecule has 1 N–H and O–H groups in total. The molecule has 0 radical (unpaired) electrons. The largest absolute Gasteiger partial charge is 0.352 e. The van der Waals surface area contributed by atoms with Crippen molar-refractivity contribution < 1.29 is 4.79 Å². The van der Waals surface area contributed by atoms with Crippen molar-refractivity contribution in [2.45, 2.75) is 39.0 Å². The van der Waals surface area contributed by atoms with E-state index in [1.54, 1.807) is 16.8 Å². The lowest BCUT2D eigenvalue weighted by atomic mass is 9.97. The van der Waals surface area contributed by atoms with Crippen molar-refractivity contribution in [1.29, 1.82) is 0 Å². The summed E-state index contributed by atoms with van der Waals surface area (Å²) in [5, 5.41) is 14.4. The van der Waals surface area contributed by atoms with Crippen LogP contribution in [0.25, 0.3) is 5.69 Å². The molecule has 1 aliphatic rings. The molecule has 0 aliphatic heterocycles. The summed E-state index contributed by atoms with van der Waals surface area (Å²) in [7, 11) is 0. The first-order chi connectivity index (χ1) is 11.2. The van der Waals surface area contributed by atoms with E-state index >= 15 is 0 Å². The van der Waals surface area contributed by atoms with Crippen LogP contribution in [0.3, 0.4) is 0 Å². The maximum absolute atomic E-state index is 12.2. The molecule has 23 heavy (non-hydrogen) atoms. The Balaban J connectivity index is 1.55. The van der Waals surface area contributed by atoms with Gasteiger partial charge in [0.2, 0.25) is 0 Å². The molecule has 1 aromatic heterocycles. The summed E-state index contributed by atoms with van der Waals surface area (Å²) in [5.41, 5.74) is 2.97. The molecule has 3 rings (SSSR count). The molecular weight excluding hydrogens is 290 g/mol. The minimum Gasteiger partial charge on any atom is -0.352 e. The Morgan fingerprint density at radius 3 is 2.74 bits per heavy atom. The molecule has 0 bridgehead atoms. The quantitative estimate of drug-likeness (QED) is 0.861. The number of aromatic nitrogens is 4. The van der Waals surface area contributed by atoms with Gasteiger partial charge >= 0.3 is 0 Å². The number of nitrogens with zero attached hydrogens (tertiary/aromatic N) is 4. The second-order valence-corrected chi connectivity index (χ2v) is 5.80. The lowest BCUT2D eigenvalue weighted by molar-refractivity contribution is 0.0954. The van der Waals surface area contributed by atoms with E-state index in [1.807, 2.05) is 19.1 Å². The molecule has 1 aliphatic carbocycles. The van der Waals surface area contributed by atoms with Crippen LogP contribution in [0.1, 0.15) is 48.3 Å². The Hall–Kier alpha value is -2.50. The summed E-state index contributed by atoms with van der Waals surface area (Å²) in [5.74, 6) is 0.671. The predicted molar refractivity (Wildman–Crippen MR) is 87.4 cm³/mol. The highest BCUT2D eigenvalue weighted by molar-refractivity contribution is 5.94. The molecular formula is C17H21N5O. The standard InChI is InChI=1S/C17H21N5O/c1-13-19-20-21-22(13)16-9-7-15(8-10-16)17(23)18-12-11-14-5-3-2-4-6-14/h5,7-10H,2-4,6,11-12H2,1H3,(H,18,23). The van der Waals surface area contributed by atoms with E-state index in [9.17, 15) is 4.79 Å². The van der Waals surface area contributed by atoms with Crippen LogP contribution >= 0.6 is 0 Å². The fourth-order valence-electron chi connectivity index (χ4n) is 2.79. The van der Waals surface area contributed by atoms with Crippen LogP contribution in [-0.4, -0.2) is 32.7 Å². The number of carbonyl (C=O) groups is 1. The monoisotopic (exact) mass is 311 g/mol. The van der Waals surface area contributed by atoms with Gasteiger partial charge in [0.15, 0.2) is 5.82 Å². The third kappa shape index (κ3) is 3.83. The van der Waals surface area contributed by atoms with E-state index in [-0.39, 0.29) is 5.91 Å². The van der Waals surface area contributed by atoms with Gasteiger partial charge in [-0.25, -0.2) is 0 Å². The Morgan fingerprint density at radius 2 is 2.09 bits per heavy atom. The van der Waals surface area contributed by atoms with Crippen molar-refractivity contribution in [2.24, 2.45) is 0 Å². The number of allylic oxidation sites excluding steroid dienone is 1. The van der Waals surface area contributed by atoms with Crippen molar-refractivity contribution in [3.8, 4) is 5.69 Å². The average molecular weight is 311 g/mol. The Morgan fingerprint density at radius 1 is 1.26 bits per heavy atom. The first-order valence-electron chi connectivity index (χ1n) is 8.05. The van der Waals surface area contributed by atoms with Crippen LogP contribution in [0.2, 0.25) is 0 Å². The molecule has 0 unspecified atom stereocenters. The van der Waals surface area contributed by atoms with Crippen LogP contribution in [0.15, 0.2) is 35.9 Å². The number of tetrazole rings is 1. The van der Waals surface area contributed by atoms with Gasteiger partial charge in [-0.2, -0.15) is 4.68 Å². The molecule has 0 spiro atoms. The lowest BCUT2D eigenvalue weighted by Crippen LogP contribution is -2.24. The van der Waals surface area contributed by atoms with Crippen molar-refractivity contribution in [2.75, 3.05) is 6.54 Å². The van der Waals surface area contributed by atoms with E-state index in [4.69, 9.17) is 0 Å². The van der Waals surface area contributed by atoms with Gasteiger partial charge in [-0.15, -0.1) is 5.10 Å². The summed E-state index contributed by atoms with van der Waals surface area (Å²) in [6, 6.07) is 7.29. The number of hydrogen-bond donors (Lipinski definition) is 1. The van der Waals surface area contributed by atoms with Crippen LogP contribution in [0.5, 0.6) is 0 Å². The van der Waals surface area contributed by atoms with Gasteiger partial charge in [0.05, 0.1) is 5.69 Å². The normalized spacial score (nSPS) is 14.4. The zero-order chi connectivity index (χ0) is 16.1. The smallest absolute Gasteiger partial charge is 0.251 e. The van der Waals surface area contributed by atoms with E-state index in [1.165, 1.54) is 31.3 Å². The molecule has 0 atom stereocenters. The molecule has 6 heteroatoms. The molecule has 0 saturated carbocycles. The van der Waals surface area contributed by atoms with Gasteiger partial charge < -0.3 is 5.32 Å². The Kier molecular flexibility index (Phi) is 4.80. The third-order valence-electron chi connectivity index (χ3n) is 4.12. The molecule has 6 nitrogen and oxygen atoms in total. The summed E-state index contributed by atoms with van der Waals surface area (Å²) >= 11 is 0. The number of nitrogens with one attached hydrogen (secondary N) is 1. The summed E-state index contributed by atoms with van der Waals surface area (Å²) in [4.78, 5) is 12.2. The minimum atomic E-state index is -0.0404. The molecule has 120 valence electrons. The van der Waals surface area contributed by atoms with Crippen LogP contribution in [0, 0.1) is 6.92 Å². The van der Waals surface area contributed by atoms with Crippen LogP contribution in [0.4, 0.5) is 0 Å². The molecule has 0 fully saturated rings. The molecule has 2 aromatic rings. The van der Waals surface area contributed by atoms with Gasteiger partial charge in [-0.05, 0) is 73.7 Å². The Bertz CT molecular complexity index is 702. The van der Waals surface area contributed by atoms with Crippen molar-refractivity contribution in [1.82, 2.24) is 25.5 Å². The highest BCUT2D eigenvalue weighted by Crippen LogP contribution is 2.19. The maximum atomic E-state index is 12.2. The number of rotatable bonds is 5. The number of benzene rings is 1. The highest BCUT2D eigenvalue weighted by Gasteiger charge is 2.08. The number of aryl methyl sites for hydroxylation is 1. The Labute approximate surface area is 135 Å². The fraction of sp³-hybridized carbons (Fsp3) is 0.412. The van der Waals surface area contributed by atoms with Gasteiger partial charge in [0.25, 0.3) is 5.91 Å². The SMILES string of the molecule is Cc1nnnn1-c1ccc(C(=O)NCCC2=CCCCC2)cc1. The molecule has 0 saturated heterocycles. The van der Waals surface area contributed by atoms with Crippen molar-refractivity contribution >= 4 is 5.91 Å². The topological polar surface area (TPSA) is 72.7 Å². The fourth-order valence-corrected chi connectivity index (χ4v) is 2.79. The van der Waals surface area contributed by atoms with E-state index < -0.39 is 0 Å². The number of carbonyl (C=O) groups excluding carboxylic acids is 1. The zero-order valence-electron chi connectivity index (χ0n) is 13.3. The van der Waals surface area contributed by atoms with Crippen molar-refractivity contribution in [3.05, 3.63) is 47.3 Å². The van der Waals surface area contributed by atoms with E-state index in [2.05, 4.69) is 26.9 Å². The second-order valence-electron chi connectivity index (χ2n) is 5.80. The minimum absolute atomic E-state index is 0.0404. The average Bonchev–Trinajstić information content (AvgIpc) is 3.02. The molecule has 1 heterocycles. The van der Waals surface area contributed by atoms with Gasteiger partial charge in [-0.3, -0.25) is 4.79 Å². The van der Waals surface area contributed by atoms with Crippen LogP contribution < -0.4 is 5.32 Å². The van der Waals surface area contributed by atoms with E-state index in [0.29, 0.717) is 17.9 Å². The van der Waals surface area contributed by atoms with Gasteiger partial charge in [-0.1, -0.05) is 11.6 Å². The van der Waals surface area contributed by atoms with E-state index in [0.717, 1.165) is 12.1 Å².